The van der Waals surface area contributed by atoms with E-state index in [0.29, 0.717) is 25.2 Å². The zero-order valence-electron chi connectivity index (χ0n) is 12.7. The van der Waals surface area contributed by atoms with Gasteiger partial charge in [0.15, 0.2) is 0 Å². The minimum absolute atomic E-state index is 0.118. The molecule has 122 valence electrons. The first-order valence-electron chi connectivity index (χ1n) is 7.70. The summed E-state index contributed by atoms with van der Waals surface area (Å²) in [5.74, 6) is -1.96. The standard InChI is InChI=1S/C16H22F2N2O2/c1-2-3-14(16(21)22)19-12-6-8-20(9-7-12)15-5-4-11(17)10-13(15)18/h4-5,10,12,14,19H,2-3,6-9H2,1H3,(H,21,22). The highest BCUT2D eigenvalue weighted by molar-refractivity contribution is 5.73. The van der Waals surface area contributed by atoms with Crippen molar-refractivity contribution in [2.24, 2.45) is 0 Å². The second kappa shape index (κ2) is 7.54. The van der Waals surface area contributed by atoms with Crippen molar-refractivity contribution < 1.29 is 18.7 Å². The zero-order chi connectivity index (χ0) is 16.1. The molecular weight excluding hydrogens is 290 g/mol. The SMILES string of the molecule is CCCC(NC1CCN(c2ccc(F)cc2F)CC1)C(=O)O. The lowest BCUT2D eigenvalue weighted by Crippen LogP contribution is -2.49. The fourth-order valence-electron chi connectivity index (χ4n) is 2.88. The average Bonchev–Trinajstić information content (AvgIpc) is 2.48. The van der Waals surface area contributed by atoms with Crippen LogP contribution in [0.4, 0.5) is 14.5 Å². The van der Waals surface area contributed by atoms with Crippen molar-refractivity contribution >= 4 is 11.7 Å². The van der Waals surface area contributed by atoms with Gasteiger partial charge in [-0.3, -0.25) is 4.79 Å². The van der Waals surface area contributed by atoms with Gasteiger partial charge in [-0.15, -0.1) is 0 Å². The molecule has 1 heterocycles. The number of nitrogens with zero attached hydrogens (tertiary/aromatic N) is 1. The molecule has 0 saturated carbocycles. The Labute approximate surface area is 129 Å². The summed E-state index contributed by atoms with van der Waals surface area (Å²) in [6, 6.07) is 3.19. The number of rotatable bonds is 6. The van der Waals surface area contributed by atoms with Gasteiger partial charge in [-0.1, -0.05) is 13.3 Å². The van der Waals surface area contributed by atoms with E-state index in [4.69, 9.17) is 5.11 Å². The van der Waals surface area contributed by atoms with E-state index in [-0.39, 0.29) is 6.04 Å². The third kappa shape index (κ3) is 4.16. The van der Waals surface area contributed by atoms with E-state index in [1.165, 1.54) is 12.1 Å². The molecule has 2 rings (SSSR count). The van der Waals surface area contributed by atoms with Gasteiger partial charge >= 0.3 is 5.97 Å². The highest BCUT2D eigenvalue weighted by Crippen LogP contribution is 2.24. The van der Waals surface area contributed by atoms with Gasteiger partial charge in [0, 0.05) is 25.2 Å². The van der Waals surface area contributed by atoms with Crippen molar-refractivity contribution in [1.82, 2.24) is 5.32 Å². The number of hydrogen-bond donors (Lipinski definition) is 2. The first-order chi connectivity index (χ1) is 10.5. The summed E-state index contributed by atoms with van der Waals surface area (Å²) < 4.78 is 26.7. The Morgan fingerprint density at radius 3 is 2.64 bits per heavy atom. The number of carboxylic acid groups (broad SMARTS) is 1. The fraction of sp³-hybridized carbons (Fsp3) is 0.562. The molecule has 1 saturated heterocycles. The van der Waals surface area contributed by atoms with Crippen molar-refractivity contribution in [1.29, 1.82) is 0 Å². The molecule has 1 aliphatic heterocycles. The van der Waals surface area contributed by atoms with Gasteiger partial charge in [0.05, 0.1) is 5.69 Å². The van der Waals surface area contributed by atoms with E-state index >= 15 is 0 Å². The van der Waals surface area contributed by atoms with Crippen LogP contribution in [0.3, 0.4) is 0 Å². The third-order valence-corrected chi connectivity index (χ3v) is 4.06. The second-order valence-electron chi connectivity index (χ2n) is 5.70. The minimum Gasteiger partial charge on any atom is -0.480 e. The molecule has 1 aromatic carbocycles. The number of nitrogens with one attached hydrogen (secondary N) is 1. The first-order valence-corrected chi connectivity index (χ1v) is 7.70. The van der Waals surface area contributed by atoms with Gasteiger partial charge in [-0.2, -0.15) is 0 Å². The predicted molar refractivity (Wildman–Crippen MR) is 81.1 cm³/mol. The lowest BCUT2D eigenvalue weighted by atomic mass is 10.0. The number of piperidine rings is 1. The maximum Gasteiger partial charge on any atom is 0.320 e. The summed E-state index contributed by atoms with van der Waals surface area (Å²) in [6.07, 6.45) is 2.89. The van der Waals surface area contributed by atoms with Gasteiger partial charge in [0.2, 0.25) is 0 Å². The Kier molecular flexibility index (Phi) is 5.71. The summed E-state index contributed by atoms with van der Waals surface area (Å²) in [4.78, 5) is 13.0. The molecule has 0 aliphatic carbocycles. The highest BCUT2D eigenvalue weighted by Gasteiger charge is 2.25. The molecule has 0 aromatic heterocycles. The molecule has 22 heavy (non-hydrogen) atoms. The van der Waals surface area contributed by atoms with Gasteiger partial charge in [-0.05, 0) is 31.4 Å². The van der Waals surface area contributed by atoms with Crippen molar-refractivity contribution in [3.63, 3.8) is 0 Å². The Balaban J connectivity index is 1.91. The summed E-state index contributed by atoms with van der Waals surface area (Å²) in [5.41, 5.74) is 0.406. The molecule has 6 heteroatoms. The second-order valence-corrected chi connectivity index (χ2v) is 5.70. The number of benzene rings is 1. The fourth-order valence-corrected chi connectivity index (χ4v) is 2.88. The predicted octanol–water partition coefficient (Wildman–Crippen LogP) is 2.78. The average molecular weight is 312 g/mol. The minimum atomic E-state index is -0.825. The third-order valence-electron chi connectivity index (χ3n) is 4.06. The van der Waals surface area contributed by atoms with E-state index in [2.05, 4.69) is 5.32 Å². The molecule has 0 spiro atoms. The van der Waals surface area contributed by atoms with Crippen molar-refractivity contribution in [2.75, 3.05) is 18.0 Å². The van der Waals surface area contributed by atoms with E-state index in [0.717, 1.165) is 25.3 Å². The smallest absolute Gasteiger partial charge is 0.320 e. The summed E-state index contributed by atoms with van der Waals surface area (Å²) in [6.45, 7) is 3.20. The van der Waals surface area contributed by atoms with Crippen LogP contribution in [0, 0.1) is 11.6 Å². The van der Waals surface area contributed by atoms with Crippen LogP contribution in [0.25, 0.3) is 0 Å². The lowest BCUT2D eigenvalue weighted by Gasteiger charge is -2.35. The van der Waals surface area contributed by atoms with Crippen LogP contribution < -0.4 is 10.2 Å². The largest absolute Gasteiger partial charge is 0.480 e. The van der Waals surface area contributed by atoms with Crippen LogP contribution in [-0.2, 0) is 4.79 Å². The van der Waals surface area contributed by atoms with Crippen LogP contribution in [0.2, 0.25) is 0 Å². The first kappa shape index (κ1) is 16.7. The molecular formula is C16H22F2N2O2. The maximum atomic E-state index is 13.8. The molecule has 4 nitrogen and oxygen atoms in total. The number of aliphatic carboxylic acids is 1. The van der Waals surface area contributed by atoms with Crippen LogP contribution >= 0.6 is 0 Å². The number of carbonyl (C=O) groups is 1. The van der Waals surface area contributed by atoms with Crippen LogP contribution in [-0.4, -0.2) is 36.2 Å². The van der Waals surface area contributed by atoms with Gasteiger partial charge in [-0.25, -0.2) is 8.78 Å². The molecule has 0 amide bonds. The quantitative estimate of drug-likeness (QED) is 0.848. The monoisotopic (exact) mass is 312 g/mol. The van der Waals surface area contributed by atoms with E-state index in [9.17, 15) is 13.6 Å². The number of anilines is 1. The molecule has 1 atom stereocenters. The molecule has 1 aromatic rings. The lowest BCUT2D eigenvalue weighted by molar-refractivity contribution is -0.140. The molecule has 2 N–H and O–H groups in total. The summed E-state index contributed by atoms with van der Waals surface area (Å²) in [5, 5.41) is 12.3. The van der Waals surface area contributed by atoms with E-state index in [1.807, 2.05) is 11.8 Å². The maximum absolute atomic E-state index is 13.8. The number of hydrogen-bond acceptors (Lipinski definition) is 3. The summed E-state index contributed by atoms with van der Waals surface area (Å²) >= 11 is 0. The molecule has 0 radical (unpaired) electrons. The van der Waals surface area contributed by atoms with Crippen molar-refractivity contribution in [2.45, 2.75) is 44.7 Å². The summed E-state index contributed by atoms with van der Waals surface area (Å²) in [7, 11) is 0. The van der Waals surface area contributed by atoms with Crippen LogP contribution in [0.5, 0.6) is 0 Å². The number of carboxylic acids is 1. The Hall–Kier alpha value is -1.69. The normalized spacial score (nSPS) is 17.5. The Bertz CT molecular complexity index is 517. The van der Waals surface area contributed by atoms with Crippen LogP contribution in [0.1, 0.15) is 32.6 Å². The van der Waals surface area contributed by atoms with Gasteiger partial charge in [0.25, 0.3) is 0 Å². The molecule has 1 unspecified atom stereocenters. The van der Waals surface area contributed by atoms with Gasteiger partial charge < -0.3 is 15.3 Å². The number of halogens is 2. The zero-order valence-corrected chi connectivity index (χ0v) is 12.7. The van der Waals surface area contributed by atoms with E-state index in [1.54, 1.807) is 0 Å². The van der Waals surface area contributed by atoms with E-state index < -0.39 is 23.6 Å². The van der Waals surface area contributed by atoms with Crippen LogP contribution in [0.15, 0.2) is 18.2 Å². The van der Waals surface area contributed by atoms with Gasteiger partial charge in [0.1, 0.15) is 17.7 Å². The van der Waals surface area contributed by atoms with Crippen molar-refractivity contribution in [3.05, 3.63) is 29.8 Å². The van der Waals surface area contributed by atoms with Crippen molar-refractivity contribution in [3.8, 4) is 0 Å². The highest BCUT2D eigenvalue weighted by atomic mass is 19.1. The molecule has 0 bridgehead atoms. The molecule has 1 aliphatic rings. The topological polar surface area (TPSA) is 52.6 Å². The Morgan fingerprint density at radius 2 is 2.09 bits per heavy atom. The molecule has 1 fully saturated rings. The Morgan fingerprint density at radius 1 is 1.41 bits per heavy atom.